The molecule has 0 atom stereocenters. The van der Waals surface area contributed by atoms with Gasteiger partial charge in [0.25, 0.3) is 0 Å². The Labute approximate surface area is 131 Å². The minimum Gasteiger partial charge on any atom is -0.362 e. The van der Waals surface area contributed by atoms with Gasteiger partial charge in [0.05, 0.1) is 6.54 Å². The molecular weight excluding hydrogens is 270 g/mol. The van der Waals surface area contributed by atoms with E-state index in [1.165, 1.54) is 16.8 Å². The van der Waals surface area contributed by atoms with Crippen LogP contribution in [-0.2, 0) is 6.54 Å². The van der Waals surface area contributed by atoms with E-state index in [1.54, 1.807) is 6.20 Å². The van der Waals surface area contributed by atoms with E-state index in [1.807, 2.05) is 12.3 Å². The van der Waals surface area contributed by atoms with Crippen molar-refractivity contribution in [3.63, 3.8) is 0 Å². The van der Waals surface area contributed by atoms with Gasteiger partial charge in [-0.2, -0.15) is 0 Å². The first-order chi connectivity index (χ1) is 10.7. The fourth-order valence-corrected chi connectivity index (χ4v) is 2.61. The molecule has 0 bridgehead atoms. The van der Waals surface area contributed by atoms with Gasteiger partial charge >= 0.3 is 0 Å². The zero-order valence-corrected chi connectivity index (χ0v) is 13.0. The topological polar surface area (TPSA) is 31.9 Å². The first-order valence-corrected chi connectivity index (χ1v) is 7.64. The number of benzene rings is 2. The number of hydrogen-bond donors (Lipinski definition) is 1. The lowest BCUT2D eigenvalue weighted by Gasteiger charge is -2.28. The van der Waals surface area contributed by atoms with Gasteiger partial charge in [-0.3, -0.25) is 0 Å². The van der Waals surface area contributed by atoms with Gasteiger partial charge in [0.2, 0.25) is 0 Å². The summed E-state index contributed by atoms with van der Waals surface area (Å²) in [6, 6.07) is 19.6. The molecule has 112 valence electrons. The molecule has 0 unspecified atom stereocenters. The summed E-state index contributed by atoms with van der Waals surface area (Å²) in [5.41, 5.74) is 3.70. The molecule has 0 aliphatic heterocycles. The quantitative estimate of drug-likeness (QED) is 0.751. The van der Waals surface area contributed by atoms with Crippen LogP contribution in [0.3, 0.4) is 0 Å². The molecule has 3 aromatic rings. The van der Waals surface area contributed by atoms with Crippen LogP contribution in [0, 0.1) is 0 Å². The van der Waals surface area contributed by atoms with Gasteiger partial charge < -0.3 is 9.88 Å². The average molecular weight is 291 g/mol. The molecule has 0 fully saturated rings. The third kappa shape index (κ3) is 3.19. The van der Waals surface area contributed by atoms with E-state index in [4.69, 9.17) is 0 Å². The highest BCUT2D eigenvalue weighted by Crippen LogP contribution is 2.26. The first-order valence-electron chi connectivity index (χ1n) is 7.64. The molecule has 1 aromatic heterocycles. The molecule has 1 heterocycles. The van der Waals surface area contributed by atoms with Crippen LogP contribution >= 0.6 is 0 Å². The summed E-state index contributed by atoms with van der Waals surface area (Å²) in [5.74, 6) is 0.985. The molecule has 2 aromatic carbocycles. The molecule has 22 heavy (non-hydrogen) atoms. The lowest BCUT2D eigenvalue weighted by molar-refractivity contribution is 0.666. The third-order valence-electron chi connectivity index (χ3n) is 3.78. The molecule has 0 saturated carbocycles. The van der Waals surface area contributed by atoms with E-state index in [-0.39, 0.29) is 0 Å². The van der Waals surface area contributed by atoms with E-state index in [9.17, 15) is 0 Å². The first kappa shape index (κ1) is 14.4. The Kier molecular flexibility index (Phi) is 4.24. The molecule has 3 heteroatoms. The maximum Gasteiger partial charge on any atom is 0.125 e. The molecular formula is C19H21N3. The standard InChI is InChI=1S/C19H21N3/c1-15(2)22(14-19-20-11-12-21-19)18-10-6-9-17(13-18)16-7-4-3-5-8-16/h3-13,15H,14H2,1-2H3,(H,20,21). The van der Waals surface area contributed by atoms with E-state index in [0.717, 1.165) is 12.4 Å². The Morgan fingerprint density at radius 1 is 1.00 bits per heavy atom. The van der Waals surface area contributed by atoms with Gasteiger partial charge in [0.1, 0.15) is 5.82 Å². The Bertz CT molecular complexity index is 703. The third-order valence-corrected chi connectivity index (χ3v) is 3.78. The molecule has 0 aliphatic carbocycles. The predicted octanol–water partition coefficient (Wildman–Crippen LogP) is 4.49. The van der Waals surface area contributed by atoms with Crippen molar-refractivity contribution >= 4 is 5.69 Å². The molecule has 0 radical (unpaired) electrons. The van der Waals surface area contributed by atoms with Gasteiger partial charge in [0, 0.05) is 24.1 Å². The fourth-order valence-electron chi connectivity index (χ4n) is 2.61. The average Bonchev–Trinajstić information content (AvgIpc) is 3.06. The highest BCUT2D eigenvalue weighted by Gasteiger charge is 2.13. The SMILES string of the molecule is CC(C)N(Cc1ncc[nH]1)c1cccc(-c2ccccc2)c1. The lowest BCUT2D eigenvalue weighted by atomic mass is 10.0. The molecule has 0 saturated heterocycles. The summed E-state index contributed by atoms with van der Waals surface area (Å²) < 4.78 is 0. The Morgan fingerprint density at radius 2 is 1.77 bits per heavy atom. The van der Waals surface area contributed by atoms with Crippen LogP contribution in [-0.4, -0.2) is 16.0 Å². The number of hydrogen-bond acceptors (Lipinski definition) is 2. The summed E-state index contributed by atoms with van der Waals surface area (Å²) in [7, 11) is 0. The number of rotatable bonds is 5. The maximum atomic E-state index is 4.35. The van der Waals surface area contributed by atoms with Crippen LogP contribution in [0.5, 0.6) is 0 Å². The van der Waals surface area contributed by atoms with E-state index in [2.05, 4.69) is 77.2 Å². The molecule has 0 aliphatic rings. The highest BCUT2D eigenvalue weighted by molar-refractivity contribution is 5.68. The van der Waals surface area contributed by atoms with E-state index < -0.39 is 0 Å². The number of imidazole rings is 1. The van der Waals surface area contributed by atoms with Crippen molar-refractivity contribution in [2.45, 2.75) is 26.4 Å². The Balaban J connectivity index is 1.91. The largest absolute Gasteiger partial charge is 0.362 e. The second-order valence-corrected chi connectivity index (χ2v) is 5.67. The molecule has 3 nitrogen and oxygen atoms in total. The van der Waals surface area contributed by atoms with E-state index in [0.29, 0.717) is 6.04 Å². The summed E-state index contributed by atoms with van der Waals surface area (Å²) in [5, 5.41) is 0. The summed E-state index contributed by atoms with van der Waals surface area (Å²) in [6.07, 6.45) is 3.67. The maximum absolute atomic E-state index is 4.35. The second kappa shape index (κ2) is 6.48. The minimum atomic E-state index is 0.399. The van der Waals surface area contributed by atoms with Crippen molar-refractivity contribution in [3.8, 4) is 11.1 Å². The zero-order valence-electron chi connectivity index (χ0n) is 13.0. The fraction of sp³-hybridized carbons (Fsp3) is 0.211. The van der Waals surface area contributed by atoms with Crippen molar-refractivity contribution in [1.82, 2.24) is 9.97 Å². The monoisotopic (exact) mass is 291 g/mol. The van der Waals surface area contributed by atoms with Gasteiger partial charge in [-0.05, 0) is 37.1 Å². The van der Waals surface area contributed by atoms with Crippen LogP contribution in [0.1, 0.15) is 19.7 Å². The van der Waals surface area contributed by atoms with Crippen molar-refractivity contribution in [2.24, 2.45) is 0 Å². The van der Waals surface area contributed by atoms with Gasteiger partial charge in [-0.15, -0.1) is 0 Å². The molecule has 0 amide bonds. The van der Waals surface area contributed by atoms with Gasteiger partial charge in [-0.1, -0.05) is 42.5 Å². The predicted molar refractivity (Wildman–Crippen MR) is 91.8 cm³/mol. The molecule has 0 spiro atoms. The minimum absolute atomic E-state index is 0.399. The van der Waals surface area contributed by atoms with Crippen molar-refractivity contribution < 1.29 is 0 Å². The number of anilines is 1. The van der Waals surface area contributed by atoms with Crippen LogP contribution in [0.4, 0.5) is 5.69 Å². The van der Waals surface area contributed by atoms with Crippen LogP contribution < -0.4 is 4.90 Å². The van der Waals surface area contributed by atoms with Crippen molar-refractivity contribution in [3.05, 3.63) is 72.8 Å². The number of aromatic amines is 1. The van der Waals surface area contributed by atoms with Gasteiger partial charge in [-0.25, -0.2) is 4.98 Å². The summed E-state index contributed by atoms with van der Waals surface area (Å²) in [4.78, 5) is 9.89. The number of aromatic nitrogens is 2. The highest BCUT2D eigenvalue weighted by atomic mass is 15.2. The van der Waals surface area contributed by atoms with Crippen molar-refractivity contribution in [2.75, 3.05) is 4.90 Å². The van der Waals surface area contributed by atoms with Crippen molar-refractivity contribution in [1.29, 1.82) is 0 Å². The van der Waals surface area contributed by atoms with Crippen LogP contribution in [0.25, 0.3) is 11.1 Å². The normalized spacial score (nSPS) is 10.9. The number of nitrogens with one attached hydrogen (secondary N) is 1. The van der Waals surface area contributed by atoms with Crippen LogP contribution in [0.15, 0.2) is 67.0 Å². The second-order valence-electron chi connectivity index (χ2n) is 5.67. The molecule has 1 N–H and O–H groups in total. The zero-order chi connectivity index (χ0) is 15.4. The molecule has 3 rings (SSSR count). The Morgan fingerprint density at radius 3 is 2.45 bits per heavy atom. The Hall–Kier alpha value is -2.55. The smallest absolute Gasteiger partial charge is 0.125 e. The number of nitrogens with zero attached hydrogens (tertiary/aromatic N) is 2. The van der Waals surface area contributed by atoms with Gasteiger partial charge in [0.15, 0.2) is 0 Å². The number of H-pyrrole nitrogens is 1. The summed E-state index contributed by atoms with van der Waals surface area (Å²) in [6.45, 7) is 5.19. The lowest BCUT2D eigenvalue weighted by Crippen LogP contribution is -2.30. The van der Waals surface area contributed by atoms with Crippen LogP contribution in [0.2, 0.25) is 0 Å². The van der Waals surface area contributed by atoms with E-state index >= 15 is 0 Å². The summed E-state index contributed by atoms with van der Waals surface area (Å²) >= 11 is 0.